The molecule has 1 aromatic carbocycles. The van der Waals surface area contributed by atoms with E-state index in [0.717, 1.165) is 0 Å². The van der Waals surface area contributed by atoms with Crippen molar-refractivity contribution in [2.75, 3.05) is 13.2 Å². The molecule has 0 unspecified atom stereocenters. The zero-order valence-electron chi connectivity index (χ0n) is 10.1. The van der Waals surface area contributed by atoms with E-state index in [1.165, 1.54) is 6.07 Å². The Balaban J connectivity index is 1.94. The predicted molar refractivity (Wildman–Crippen MR) is 65.2 cm³/mol. The SMILES string of the molecule is NC1(C(=O)NCc2ccccc2F)CCOCC1. The first-order chi connectivity index (χ1) is 8.62. The summed E-state index contributed by atoms with van der Waals surface area (Å²) in [5, 5.41) is 2.69. The van der Waals surface area contributed by atoms with Gasteiger partial charge >= 0.3 is 0 Å². The molecule has 0 radical (unpaired) electrons. The predicted octanol–water partition coefficient (Wildman–Crippen LogP) is 0.950. The lowest BCUT2D eigenvalue weighted by molar-refractivity contribution is -0.129. The molecular weight excluding hydrogens is 235 g/mol. The average molecular weight is 252 g/mol. The molecule has 2 rings (SSSR count). The summed E-state index contributed by atoms with van der Waals surface area (Å²) in [5.74, 6) is -0.565. The fourth-order valence-electron chi connectivity index (χ4n) is 1.96. The van der Waals surface area contributed by atoms with Crippen LogP contribution < -0.4 is 11.1 Å². The van der Waals surface area contributed by atoms with Crippen molar-refractivity contribution >= 4 is 5.91 Å². The van der Waals surface area contributed by atoms with Crippen LogP contribution in [0.25, 0.3) is 0 Å². The Morgan fingerprint density at radius 2 is 2.06 bits per heavy atom. The second-order valence-corrected chi connectivity index (χ2v) is 4.54. The Bertz CT molecular complexity index is 431. The number of rotatable bonds is 3. The van der Waals surface area contributed by atoms with Crippen LogP contribution in [0.15, 0.2) is 24.3 Å². The minimum atomic E-state index is -0.885. The van der Waals surface area contributed by atoms with Gasteiger partial charge in [-0.15, -0.1) is 0 Å². The minimum absolute atomic E-state index is 0.158. The van der Waals surface area contributed by atoms with E-state index >= 15 is 0 Å². The van der Waals surface area contributed by atoms with Gasteiger partial charge in [0, 0.05) is 25.3 Å². The fraction of sp³-hybridized carbons (Fsp3) is 0.462. The third kappa shape index (κ3) is 2.86. The first kappa shape index (κ1) is 13.0. The van der Waals surface area contributed by atoms with Gasteiger partial charge < -0.3 is 15.8 Å². The summed E-state index contributed by atoms with van der Waals surface area (Å²) in [7, 11) is 0. The molecule has 4 nitrogen and oxygen atoms in total. The molecule has 3 N–H and O–H groups in total. The van der Waals surface area contributed by atoms with E-state index in [4.69, 9.17) is 10.5 Å². The van der Waals surface area contributed by atoms with E-state index in [1.807, 2.05) is 0 Å². The first-order valence-electron chi connectivity index (χ1n) is 6.00. The quantitative estimate of drug-likeness (QED) is 0.841. The molecule has 18 heavy (non-hydrogen) atoms. The van der Waals surface area contributed by atoms with Gasteiger partial charge in [-0.1, -0.05) is 18.2 Å². The fourth-order valence-corrected chi connectivity index (χ4v) is 1.96. The molecule has 0 aliphatic carbocycles. The normalized spacial score (nSPS) is 18.3. The zero-order chi connectivity index (χ0) is 13.0. The number of benzene rings is 1. The number of amides is 1. The standard InChI is InChI=1S/C13H17FN2O2/c14-11-4-2-1-3-10(11)9-16-12(17)13(15)5-7-18-8-6-13/h1-4H,5-9,15H2,(H,16,17). The molecule has 98 valence electrons. The highest BCUT2D eigenvalue weighted by Crippen LogP contribution is 2.18. The first-order valence-corrected chi connectivity index (χ1v) is 6.00. The molecular formula is C13H17FN2O2. The summed E-state index contributed by atoms with van der Waals surface area (Å²) in [5.41, 5.74) is 5.59. The molecule has 0 spiro atoms. The van der Waals surface area contributed by atoms with Crippen LogP contribution >= 0.6 is 0 Å². The van der Waals surface area contributed by atoms with Gasteiger partial charge in [-0.3, -0.25) is 4.79 Å². The van der Waals surface area contributed by atoms with Crippen molar-refractivity contribution in [3.8, 4) is 0 Å². The van der Waals surface area contributed by atoms with Crippen LogP contribution in [0.2, 0.25) is 0 Å². The van der Waals surface area contributed by atoms with Gasteiger partial charge in [-0.05, 0) is 18.9 Å². The largest absolute Gasteiger partial charge is 0.381 e. The van der Waals surface area contributed by atoms with E-state index in [-0.39, 0.29) is 18.3 Å². The maximum absolute atomic E-state index is 13.4. The molecule has 5 heteroatoms. The highest BCUT2D eigenvalue weighted by atomic mass is 19.1. The summed E-state index contributed by atoms with van der Waals surface area (Å²) in [6, 6.07) is 6.36. The van der Waals surface area contributed by atoms with Crippen molar-refractivity contribution in [2.24, 2.45) is 5.73 Å². The van der Waals surface area contributed by atoms with E-state index in [2.05, 4.69) is 5.32 Å². The number of halogens is 1. The lowest BCUT2D eigenvalue weighted by Crippen LogP contribution is -2.56. The lowest BCUT2D eigenvalue weighted by Gasteiger charge is -2.31. The van der Waals surface area contributed by atoms with Gasteiger partial charge in [-0.2, -0.15) is 0 Å². The Hall–Kier alpha value is -1.46. The average Bonchev–Trinajstić information content (AvgIpc) is 2.38. The van der Waals surface area contributed by atoms with Gasteiger partial charge in [0.25, 0.3) is 0 Å². The monoisotopic (exact) mass is 252 g/mol. The van der Waals surface area contributed by atoms with Crippen LogP contribution in [0.1, 0.15) is 18.4 Å². The van der Waals surface area contributed by atoms with Gasteiger partial charge in [-0.25, -0.2) is 4.39 Å². The van der Waals surface area contributed by atoms with Crippen molar-refractivity contribution in [1.29, 1.82) is 0 Å². The van der Waals surface area contributed by atoms with Gasteiger partial charge in [0.2, 0.25) is 5.91 Å². The smallest absolute Gasteiger partial charge is 0.240 e. The number of hydrogen-bond acceptors (Lipinski definition) is 3. The number of carbonyl (C=O) groups excluding carboxylic acids is 1. The number of ether oxygens (including phenoxy) is 1. The second-order valence-electron chi connectivity index (χ2n) is 4.54. The van der Waals surface area contributed by atoms with Crippen molar-refractivity contribution in [1.82, 2.24) is 5.32 Å². The summed E-state index contributed by atoms with van der Waals surface area (Å²) >= 11 is 0. The molecule has 1 aliphatic rings. The van der Waals surface area contributed by atoms with Crippen LogP contribution in [-0.4, -0.2) is 24.7 Å². The van der Waals surface area contributed by atoms with Crippen molar-refractivity contribution in [3.63, 3.8) is 0 Å². The number of hydrogen-bond donors (Lipinski definition) is 2. The maximum Gasteiger partial charge on any atom is 0.240 e. The Kier molecular flexibility index (Phi) is 3.93. The van der Waals surface area contributed by atoms with Crippen molar-refractivity contribution in [3.05, 3.63) is 35.6 Å². The molecule has 0 atom stereocenters. The third-order valence-corrected chi connectivity index (χ3v) is 3.23. The maximum atomic E-state index is 13.4. The van der Waals surface area contributed by atoms with Crippen molar-refractivity contribution in [2.45, 2.75) is 24.9 Å². The van der Waals surface area contributed by atoms with Gasteiger partial charge in [0.05, 0.1) is 5.54 Å². The number of nitrogens with one attached hydrogen (secondary N) is 1. The van der Waals surface area contributed by atoms with Crippen LogP contribution in [0.5, 0.6) is 0 Å². The van der Waals surface area contributed by atoms with Gasteiger partial charge in [0.15, 0.2) is 0 Å². The molecule has 1 saturated heterocycles. The summed E-state index contributed by atoms with van der Waals surface area (Å²) < 4.78 is 18.6. The van der Waals surface area contributed by atoms with Crippen LogP contribution in [-0.2, 0) is 16.1 Å². The Morgan fingerprint density at radius 1 is 1.39 bits per heavy atom. The molecule has 0 aromatic heterocycles. The summed E-state index contributed by atoms with van der Waals surface area (Å²) in [4.78, 5) is 12.0. The van der Waals surface area contributed by atoms with Crippen LogP contribution in [0.4, 0.5) is 4.39 Å². The van der Waals surface area contributed by atoms with E-state index in [0.29, 0.717) is 31.6 Å². The van der Waals surface area contributed by atoms with E-state index in [1.54, 1.807) is 18.2 Å². The molecule has 1 fully saturated rings. The third-order valence-electron chi connectivity index (χ3n) is 3.23. The van der Waals surface area contributed by atoms with E-state index < -0.39 is 5.54 Å². The Morgan fingerprint density at radius 3 is 2.72 bits per heavy atom. The topological polar surface area (TPSA) is 64.4 Å². The highest BCUT2D eigenvalue weighted by molar-refractivity contribution is 5.86. The second kappa shape index (κ2) is 5.46. The molecule has 0 bridgehead atoms. The molecule has 1 aliphatic heterocycles. The number of carbonyl (C=O) groups is 1. The van der Waals surface area contributed by atoms with Gasteiger partial charge in [0.1, 0.15) is 5.82 Å². The summed E-state index contributed by atoms with van der Waals surface area (Å²) in [6.07, 6.45) is 0.992. The van der Waals surface area contributed by atoms with E-state index in [9.17, 15) is 9.18 Å². The molecule has 1 heterocycles. The Labute approximate surface area is 105 Å². The minimum Gasteiger partial charge on any atom is -0.381 e. The molecule has 1 aromatic rings. The van der Waals surface area contributed by atoms with Crippen molar-refractivity contribution < 1.29 is 13.9 Å². The summed E-state index contributed by atoms with van der Waals surface area (Å²) in [6.45, 7) is 1.14. The zero-order valence-corrected chi connectivity index (χ0v) is 10.1. The molecule has 1 amide bonds. The highest BCUT2D eigenvalue weighted by Gasteiger charge is 2.35. The number of nitrogens with two attached hydrogens (primary N) is 1. The van der Waals surface area contributed by atoms with Crippen LogP contribution in [0, 0.1) is 5.82 Å². The lowest BCUT2D eigenvalue weighted by atomic mass is 9.90. The molecule has 0 saturated carbocycles. The van der Waals surface area contributed by atoms with Crippen LogP contribution in [0.3, 0.4) is 0 Å².